The van der Waals surface area contributed by atoms with Gasteiger partial charge in [0.05, 0.1) is 0 Å². The van der Waals surface area contributed by atoms with Crippen molar-refractivity contribution in [2.75, 3.05) is 0 Å². The summed E-state index contributed by atoms with van der Waals surface area (Å²) in [5, 5.41) is 9.80. The van der Waals surface area contributed by atoms with Crippen molar-refractivity contribution < 1.29 is 36.6 Å². The molecule has 2 N–H and O–H groups in total. The normalized spacial score (nSPS) is 21.2. The van der Waals surface area contributed by atoms with Crippen LogP contribution in [0.3, 0.4) is 0 Å². The van der Waals surface area contributed by atoms with Crippen LogP contribution in [0.4, 0.5) is 22.0 Å². The minimum atomic E-state index is -5.13. The van der Waals surface area contributed by atoms with Crippen LogP contribution in [-0.4, -0.2) is 34.5 Å². The highest BCUT2D eigenvalue weighted by atomic mass is 19.4. The maximum atomic E-state index is 13.0. The van der Waals surface area contributed by atoms with Gasteiger partial charge in [-0.15, -0.1) is 0 Å². The molecule has 10 heteroatoms. The second-order valence-corrected chi connectivity index (χ2v) is 4.71. The molecule has 1 amide bonds. The van der Waals surface area contributed by atoms with E-state index in [9.17, 15) is 31.9 Å². The molecule has 1 aliphatic rings. The molecule has 1 aromatic carbocycles. The molecule has 0 aromatic heterocycles. The van der Waals surface area contributed by atoms with Crippen molar-refractivity contribution in [1.29, 1.82) is 0 Å². The first-order valence-electron chi connectivity index (χ1n) is 6.19. The summed E-state index contributed by atoms with van der Waals surface area (Å²) in [4.78, 5) is 12.2. The highest BCUT2D eigenvalue weighted by molar-refractivity contribution is 5.95. The van der Waals surface area contributed by atoms with Crippen LogP contribution in [0.5, 0.6) is 5.75 Å². The summed E-state index contributed by atoms with van der Waals surface area (Å²) in [6, 6.07) is 4.02. The topological polar surface area (TPSA) is 61.8 Å². The van der Waals surface area contributed by atoms with Crippen molar-refractivity contribution in [3.63, 3.8) is 0 Å². The molecule has 0 radical (unpaired) electrons. The SMILES string of the molecule is CC1=CC(O)(C(F)(F)F)N(C(=O)c2ccc(OC(F)F)cc2)N1. The molecule has 0 aliphatic carbocycles. The van der Waals surface area contributed by atoms with Gasteiger partial charge in [0, 0.05) is 11.3 Å². The number of hydrogen-bond donors (Lipinski definition) is 2. The predicted molar refractivity (Wildman–Crippen MR) is 67.1 cm³/mol. The number of allylic oxidation sites excluding steroid dienone is 1. The molecular formula is C13H11F5N2O3. The summed E-state index contributed by atoms with van der Waals surface area (Å²) in [7, 11) is 0. The lowest BCUT2D eigenvalue weighted by atomic mass is 10.1. The summed E-state index contributed by atoms with van der Waals surface area (Å²) in [6.45, 7) is -1.83. The zero-order valence-corrected chi connectivity index (χ0v) is 11.6. The van der Waals surface area contributed by atoms with E-state index in [2.05, 4.69) is 10.2 Å². The first-order chi connectivity index (χ1) is 10.5. The lowest BCUT2D eigenvalue weighted by molar-refractivity contribution is -0.283. The molecule has 23 heavy (non-hydrogen) atoms. The van der Waals surface area contributed by atoms with Crippen molar-refractivity contribution in [1.82, 2.24) is 10.4 Å². The molecule has 2 rings (SSSR count). The van der Waals surface area contributed by atoms with Gasteiger partial charge >= 0.3 is 12.8 Å². The van der Waals surface area contributed by atoms with Gasteiger partial charge in [-0.1, -0.05) is 0 Å². The summed E-state index contributed by atoms with van der Waals surface area (Å²) in [5.74, 6) is -1.45. The minimum absolute atomic E-state index is 0.0192. The molecule has 0 bridgehead atoms. The fourth-order valence-corrected chi connectivity index (χ4v) is 1.98. The third-order valence-corrected chi connectivity index (χ3v) is 2.99. The fraction of sp³-hybridized carbons (Fsp3) is 0.308. The Balaban J connectivity index is 2.26. The maximum absolute atomic E-state index is 13.0. The van der Waals surface area contributed by atoms with E-state index in [0.717, 1.165) is 24.3 Å². The Bertz CT molecular complexity index is 629. The number of nitrogens with one attached hydrogen (secondary N) is 1. The standard InChI is InChI=1S/C13H11F5N2O3/c1-7-6-12(22,13(16,17)18)20(19-7)10(21)8-2-4-9(5-3-8)23-11(14)15/h2-6,11,19,22H,1H3. The van der Waals surface area contributed by atoms with Gasteiger partial charge in [-0.2, -0.15) is 22.0 Å². The number of carbonyl (C=O) groups is 1. The van der Waals surface area contributed by atoms with E-state index in [-0.39, 0.29) is 22.0 Å². The number of aliphatic hydroxyl groups is 1. The van der Waals surface area contributed by atoms with E-state index in [4.69, 9.17) is 0 Å². The summed E-state index contributed by atoms with van der Waals surface area (Å²) in [6.07, 6.45) is -4.68. The molecule has 5 nitrogen and oxygen atoms in total. The smallest absolute Gasteiger partial charge is 0.435 e. The fourth-order valence-electron chi connectivity index (χ4n) is 1.98. The average molecular weight is 338 g/mol. The second-order valence-electron chi connectivity index (χ2n) is 4.71. The van der Waals surface area contributed by atoms with Gasteiger partial charge in [0.15, 0.2) is 0 Å². The average Bonchev–Trinajstić information content (AvgIpc) is 2.74. The quantitative estimate of drug-likeness (QED) is 0.831. The van der Waals surface area contributed by atoms with Gasteiger partial charge in [0.1, 0.15) is 5.75 Å². The lowest BCUT2D eigenvalue weighted by Gasteiger charge is -2.33. The van der Waals surface area contributed by atoms with Gasteiger partial charge in [0.25, 0.3) is 11.6 Å². The van der Waals surface area contributed by atoms with Crippen molar-refractivity contribution in [2.45, 2.75) is 25.4 Å². The van der Waals surface area contributed by atoms with Crippen molar-refractivity contribution in [3.8, 4) is 5.75 Å². The molecule has 1 aromatic rings. The van der Waals surface area contributed by atoms with Gasteiger partial charge in [-0.3, -0.25) is 10.2 Å². The zero-order valence-electron chi connectivity index (χ0n) is 11.6. The number of hydrogen-bond acceptors (Lipinski definition) is 4. The first-order valence-corrected chi connectivity index (χ1v) is 6.19. The van der Waals surface area contributed by atoms with Crippen molar-refractivity contribution >= 4 is 5.91 Å². The molecule has 0 spiro atoms. The molecular weight excluding hydrogens is 327 g/mol. The largest absolute Gasteiger partial charge is 0.442 e. The van der Waals surface area contributed by atoms with Crippen LogP contribution in [0.2, 0.25) is 0 Å². The van der Waals surface area contributed by atoms with Crippen LogP contribution >= 0.6 is 0 Å². The number of ether oxygens (including phenoxy) is 1. The van der Waals surface area contributed by atoms with Crippen LogP contribution in [0.15, 0.2) is 36.0 Å². The van der Waals surface area contributed by atoms with Crippen LogP contribution in [0.1, 0.15) is 17.3 Å². The molecule has 1 unspecified atom stereocenters. The van der Waals surface area contributed by atoms with Crippen LogP contribution < -0.4 is 10.2 Å². The van der Waals surface area contributed by atoms with Crippen molar-refractivity contribution in [3.05, 3.63) is 41.6 Å². The van der Waals surface area contributed by atoms with Gasteiger partial charge in [-0.25, -0.2) is 5.01 Å². The van der Waals surface area contributed by atoms with Crippen LogP contribution in [0.25, 0.3) is 0 Å². The Kier molecular flexibility index (Phi) is 4.20. The summed E-state index contributed by atoms with van der Waals surface area (Å²) in [5.41, 5.74) is -1.72. The predicted octanol–water partition coefficient (Wildman–Crippen LogP) is 2.40. The van der Waals surface area contributed by atoms with E-state index in [1.54, 1.807) is 0 Å². The molecule has 0 fully saturated rings. The highest BCUT2D eigenvalue weighted by Gasteiger charge is 2.61. The molecule has 0 saturated heterocycles. The second kappa shape index (κ2) is 5.69. The summed E-state index contributed by atoms with van der Waals surface area (Å²) < 4.78 is 67.2. The number of carbonyl (C=O) groups excluding carboxylic acids is 1. The summed E-state index contributed by atoms with van der Waals surface area (Å²) >= 11 is 0. The third-order valence-electron chi connectivity index (χ3n) is 2.99. The lowest BCUT2D eigenvalue weighted by Crippen LogP contribution is -2.60. The first kappa shape index (κ1) is 17.0. The minimum Gasteiger partial charge on any atom is -0.435 e. The number of amides is 1. The number of hydrazine groups is 1. The third kappa shape index (κ3) is 3.21. The molecule has 126 valence electrons. The molecule has 0 saturated carbocycles. The molecule has 1 atom stereocenters. The zero-order chi connectivity index (χ0) is 17.4. The van der Waals surface area contributed by atoms with E-state index >= 15 is 0 Å². The Morgan fingerprint density at radius 1 is 1.30 bits per heavy atom. The highest BCUT2D eigenvalue weighted by Crippen LogP contribution is 2.38. The van der Waals surface area contributed by atoms with Gasteiger partial charge in [0.2, 0.25) is 0 Å². The molecule has 1 aliphatic heterocycles. The Morgan fingerprint density at radius 2 is 1.87 bits per heavy atom. The number of benzene rings is 1. The van der Waals surface area contributed by atoms with Gasteiger partial charge < -0.3 is 9.84 Å². The number of rotatable bonds is 3. The van der Waals surface area contributed by atoms with E-state index < -0.39 is 24.4 Å². The van der Waals surface area contributed by atoms with Crippen molar-refractivity contribution in [2.24, 2.45) is 0 Å². The monoisotopic (exact) mass is 338 g/mol. The maximum Gasteiger partial charge on any atom is 0.442 e. The number of alkyl halides is 5. The van der Waals surface area contributed by atoms with E-state index in [0.29, 0.717) is 6.08 Å². The van der Waals surface area contributed by atoms with Gasteiger partial charge in [-0.05, 0) is 37.3 Å². The Labute approximate surface area is 126 Å². The number of nitrogens with zero attached hydrogens (tertiary/aromatic N) is 1. The number of halogens is 5. The van der Waals surface area contributed by atoms with Crippen LogP contribution in [0, 0.1) is 0 Å². The molecule has 1 heterocycles. The van der Waals surface area contributed by atoms with E-state index in [1.165, 1.54) is 6.92 Å². The Morgan fingerprint density at radius 3 is 2.35 bits per heavy atom. The van der Waals surface area contributed by atoms with E-state index in [1.807, 2.05) is 0 Å². The van der Waals surface area contributed by atoms with Crippen LogP contribution in [-0.2, 0) is 0 Å². The Hall–Kier alpha value is -2.36.